The van der Waals surface area contributed by atoms with Crippen molar-refractivity contribution in [1.29, 1.82) is 0 Å². The number of fused-ring (bicyclic) bond motifs is 1. The third-order valence-electron chi connectivity index (χ3n) is 3.44. The lowest BCUT2D eigenvalue weighted by atomic mass is 9.99. The fourth-order valence-electron chi connectivity index (χ4n) is 2.41. The van der Waals surface area contributed by atoms with E-state index in [2.05, 4.69) is 34.6 Å². The molecule has 0 saturated carbocycles. The highest BCUT2D eigenvalue weighted by Gasteiger charge is 2.14. The molecule has 0 aliphatic rings. The molecular formula is C16H16N2OS. The maximum absolute atomic E-state index is 6.35. The molecular weight excluding hydrogens is 268 g/mol. The van der Waals surface area contributed by atoms with E-state index in [1.165, 1.54) is 15.6 Å². The van der Waals surface area contributed by atoms with Crippen molar-refractivity contribution in [3.63, 3.8) is 0 Å². The van der Waals surface area contributed by atoms with Crippen molar-refractivity contribution in [2.75, 3.05) is 7.11 Å². The van der Waals surface area contributed by atoms with E-state index in [0.717, 1.165) is 17.7 Å². The maximum atomic E-state index is 6.35. The predicted octanol–water partition coefficient (Wildman–Crippen LogP) is 3.55. The standard InChI is InChI=1S/C16H16N2OS/c1-19-15-9-18-7-6-13(15)14(17)8-11-10-20-16-5-3-2-4-12(11)16/h2-7,9-10,14H,8,17H2,1H3. The monoisotopic (exact) mass is 284 g/mol. The smallest absolute Gasteiger partial charge is 0.141 e. The van der Waals surface area contributed by atoms with E-state index in [9.17, 15) is 0 Å². The van der Waals surface area contributed by atoms with Gasteiger partial charge in [0.15, 0.2) is 0 Å². The number of aromatic nitrogens is 1. The molecule has 2 N–H and O–H groups in total. The molecule has 0 aliphatic carbocycles. The first kappa shape index (κ1) is 13.1. The molecule has 1 unspecified atom stereocenters. The van der Waals surface area contributed by atoms with Crippen LogP contribution in [-0.4, -0.2) is 12.1 Å². The van der Waals surface area contributed by atoms with E-state index in [1.807, 2.05) is 6.07 Å². The molecule has 0 amide bonds. The van der Waals surface area contributed by atoms with Gasteiger partial charge in [-0.25, -0.2) is 0 Å². The van der Waals surface area contributed by atoms with E-state index in [-0.39, 0.29) is 6.04 Å². The molecule has 1 atom stereocenters. The van der Waals surface area contributed by atoms with Crippen LogP contribution in [0.3, 0.4) is 0 Å². The van der Waals surface area contributed by atoms with Gasteiger partial charge < -0.3 is 10.5 Å². The molecule has 4 heteroatoms. The van der Waals surface area contributed by atoms with Crippen molar-refractivity contribution in [3.05, 3.63) is 59.2 Å². The minimum absolute atomic E-state index is 0.0917. The first-order chi connectivity index (χ1) is 9.79. The lowest BCUT2D eigenvalue weighted by Crippen LogP contribution is -2.14. The van der Waals surface area contributed by atoms with Crippen LogP contribution in [0.4, 0.5) is 0 Å². The number of hydrogen-bond donors (Lipinski definition) is 1. The second-order valence-corrected chi connectivity index (χ2v) is 5.60. The molecule has 0 spiro atoms. The van der Waals surface area contributed by atoms with Crippen LogP contribution in [-0.2, 0) is 6.42 Å². The molecule has 20 heavy (non-hydrogen) atoms. The van der Waals surface area contributed by atoms with Crippen LogP contribution >= 0.6 is 11.3 Å². The number of benzene rings is 1. The van der Waals surface area contributed by atoms with Gasteiger partial charge in [-0.15, -0.1) is 11.3 Å². The number of nitrogens with zero attached hydrogens (tertiary/aromatic N) is 1. The Morgan fingerprint density at radius 1 is 1.30 bits per heavy atom. The zero-order chi connectivity index (χ0) is 13.9. The summed E-state index contributed by atoms with van der Waals surface area (Å²) in [6.45, 7) is 0. The van der Waals surface area contributed by atoms with Crippen molar-refractivity contribution in [2.24, 2.45) is 5.73 Å². The van der Waals surface area contributed by atoms with E-state index >= 15 is 0 Å². The fraction of sp³-hybridized carbons (Fsp3) is 0.188. The number of rotatable bonds is 4. The van der Waals surface area contributed by atoms with Crippen molar-refractivity contribution in [1.82, 2.24) is 4.98 Å². The van der Waals surface area contributed by atoms with Gasteiger partial charge in [-0.2, -0.15) is 0 Å². The van der Waals surface area contributed by atoms with E-state index in [0.29, 0.717) is 0 Å². The van der Waals surface area contributed by atoms with Gasteiger partial charge in [-0.1, -0.05) is 18.2 Å². The van der Waals surface area contributed by atoms with Crippen LogP contribution in [0.5, 0.6) is 5.75 Å². The van der Waals surface area contributed by atoms with Gasteiger partial charge in [0.2, 0.25) is 0 Å². The zero-order valence-electron chi connectivity index (χ0n) is 11.2. The lowest BCUT2D eigenvalue weighted by Gasteiger charge is -2.14. The number of nitrogens with two attached hydrogens (primary N) is 1. The Hall–Kier alpha value is -1.91. The highest BCUT2D eigenvalue weighted by molar-refractivity contribution is 7.17. The van der Waals surface area contributed by atoms with Gasteiger partial charge in [-0.3, -0.25) is 4.98 Å². The summed E-state index contributed by atoms with van der Waals surface area (Å²) < 4.78 is 6.64. The summed E-state index contributed by atoms with van der Waals surface area (Å²) in [6.07, 6.45) is 4.26. The van der Waals surface area contributed by atoms with Crippen LogP contribution in [0.25, 0.3) is 10.1 Å². The van der Waals surface area contributed by atoms with Gasteiger partial charge >= 0.3 is 0 Å². The molecule has 102 valence electrons. The Morgan fingerprint density at radius 2 is 2.15 bits per heavy atom. The topological polar surface area (TPSA) is 48.1 Å². The van der Waals surface area contributed by atoms with Crippen LogP contribution in [0, 0.1) is 0 Å². The van der Waals surface area contributed by atoms with Crippen molar-refractivity contribution in [3.8, 4) is 5.75 Å². The summed E-state index contributed by atoms with van der Waals surface area (Å²) in [5, 5.41) is 3.49. The third kappa shape index (κ3) is 2.40. The quantitative estimate of drug-likeness (QED) is 0.797. The third-order valence-corrected chi connectivity index (χ3v) is 4.45. The summed E-state index contributed by atoms with van der Waals surface area (Å²) in [6, 6.07) is 10.3. The molecule has 3 nitrogen and oxygen atoms in total. The minimum atomic E-state index is -0.0917. The number of ether oxygens (including phenoxy) is 1. The molecule has 0 bridgehead atoms. The Morgan fingerprint density at radius 3 is 3.00 bits per heavy atom. The van der Waals surface area contributed by atoms with Crippen molar-refractivity contribution in [2.45, 2.75) is 12.5 Å². The molecule has 2 aromatic heterocycles. The Labute approximate surface area is 122 Å². The summed E-state index contributed by atoms with van der Waals surface area (Å²) in [7, 11) is 1.65. The predicted molar refractivity (Wildman–Crippen MR) is 83.2 cm³/mol. The van der Waals surface area contributed by atoms with Gasteiger partial charge in [-0.05, 0) is 34.9 Å². The van der Waals surface area contributed by atoms with Gasteiger partial charge in [0.1, 0.15) is 5.75 Å². The first-order valence-electron chi connectivity index (χ1n) is 6.48. The summed E-state index contributed by atoms with van der Waals surface area (Å²) >= 11 is 1.76. The van der Waals surface area contributed by atoms with Gasteiger partial charge in [0, 0.05) is 22.5 Å². The molecule has 0 radical (unpaired) electrons. The number of thiophene rings is 1. The van der Waals surface area contributed by atoms with Crippen LogP contribution in [0.1, 0.15) is 17.2 Å². The number of pyridine rings is 1. The molecule has 0 aliphatic heterocycles. The largest absolute Gasteiger partial charge is 0.495 e. The SMILES string of the molecule is COc1cnccc1C(N)Cc1csc2ccccc12. The fourth-order valence-corrected chi connectivity index (χ4v) is 3.38. The van der Waals surface area contributed by atoms with E-state index in [1.54, 1.807) is 30.8 Å². The second-order valence-electron chi connectivity index (χ2n) is 4.69. The highest BCUT2D eigenvalue weighted by atomic mass is 32.1. The van der Waals surface area contributed by atoms with Crippen molar-refractivity contribution < 1.29 is 4.74 Å². The Balaban J connectivity index is 1.90. The molecule has 3 aromatic rings. The average molecular weight is 284 g/mol. The summed E-state index contributed by atoms with van der Waals surface area (Å²) in [5.41, 5.74) is 8.64. The zero-order valence-corrected chi connectivity index (χ0v) is 12.1. The highest BCUT2D eigenvalue weighted by Crippen LogP contribution is 2.30. The molecule has 1 aromatic carbocycles. The van der Waals surface area contributed by atoms with Crippen LogP contribution < -0.4 is 10.5 Å². The summed E-state index contributed by atoms with van der Waals surface area (Å²) in [5.74, 6) is 0.750. The second kappa shape index (κ2) is 5.61. The van der Waals surface area contributed by atoms with Crippen LogP contribution in [0.2, 0.25) is 0 Å². The Bertz CT molecular complexity index is 723. The van der Waals surface area contributed by atoms with E-state index < -0.39 is 0 Å². The molecule has 2 heterocycles. The van der Waals surface area contributed by atoms with Gasteiger partial charge in [0.25, 0.3) is 0 Å². The normalized spacial score (nSPS) is 12.5. The lowest BCUT2D eigenvalue weighted by molar-refractivity contribution is 0.403. The van der Waals surface area contributed by atoms with Crippen molar-refractivity contribution >= 4 is 21.4 Å². The summed E-state index contributed by atoms with van der Waals surface area (Å²) in [4.78, 5) is 4.07. The minimum Gasteiger partial charge on any atom is -0.495 e. The molecule has 3 rings (SSSR count). The number of hydrogen-bond acceptors (Lipinski definition) is 4. The molecule has 0 saturated heterocycles. The van der Waals surface area contributed by atoms with Crippen LogP contribution in [0.15, 0.2) is 48.1 Å². The maximum Gasteiger partial charge on any atom is 0.141 e. The first-order valence-corrected chi connectivity index (χ1v) is 7.36. The molecule has 0 fully saturated rings. The Kier molecular flexibility index (Phi) is 3.67. The van der Waals surface area contributed by atoms with Gasteiger partial charge in [0.05, 0.1) is 13.3 Å². The average Bonchev–Trinajstić information content (AvgIpc) is 2.90. The van der Waals surface area contributed by atoms with E-state index in [4.69, 9.17) is 10.5 Å². The number of methoxy groups -OCH3 is 1.